The molecule has 1 aromatic carbocycles. The minimum absolute atomic E-state index is 0.00429. The number of anilines is 1. The van der Waals surface area contributed by atoms with Gasteiger partial charge in [0.2, 0.25) is 0 Å². The Bertz CT molecular complexity index is 558. The number of fused-ring (bicyclic) bond motifs is 1. The summed E-state index contributed by atoms with van der Waals surface area (Å²) < 4.78 is 11.6. The number of carbonyl (C=O) groups excluding carboxylic acids is 1. The molecule has 6 heteroatoms. The van der Waals surface area contributed by atoms with Gasteiger partial charge in [0.25, 0.3) is 5.91 Å². The van der Waals surface area contributed by atoms with Gasteiger partial charge in [0.15, 0.2) is 17.6 Å². The molecule has 0 fully saturated rings. The molecule has 0 aliphatic carbocycles. The van der Waals surface area contributed by atoms with Gasteiger partial charge in [-0.3, -0.25) is 4.79 Å². The second-order valence-electron chi connectivity index (χ2n) is 5.88. The Morgan fingerprint density at radius 1 is 1.35 bits per heavy atom. The van der Waals surface area contributed by atoms with Crippen LogP contribution in [0.3, 0.4) is 0 Å². The largest absolute Gasteiger partial charge is 0.490 e. The number of benzene rings is 1. The fourth-order valence-corrected chi connectivity index (χ4v) is 2.65. The molecule has 1 unspecified atom stereocenters. The van der Waals surface area contributed by atoms with Crippen molar-refractivity contribution in [2.45, 2.75) is 39.9 Å². The molecule has 1 aromatic rings. The lowest BCUT2D eigenvalue weighted by atomic mass is 10.0. The van der Waals surface area contributed by atoms with Crippen LogP contribution in [0, 0.1) is 5.92 Å². The van der Waals surface area contributed by atoms with E-state index in [1.807, 2.05) is 20.8 Å². The van der Waals surface area contributed by atoms with Gasteiger partial charge in [-0.05, 0) is 37.0 Å². The summed E-state index contributed by atoms with van der Waals surface area (Å²) in [5.74, 6) is 0.944. The molecule has 0 saturated carbocycles. The van der Waals surface area contributed by atoms with Gasteiger partial charge in [0.05, 0.1) is 18.9 Å². The predicted octanol–water partition coefficient (Wildman–Crippen LogP) is 1.71. The molecule has 0 bridgehead atoms. The second kappa shape index (κ2) is 7.66. The number of carbonyl (C=O) groups is 1. The maximum absolute atomic E-state index is 12.7. The average Bonchev–Trinajstić information content (AvgIpc) is 2.53. The summed E-state index contributed by atoms with van der Waals surface area (Å²) in [5, 5.41) is 18.6. The van der Waals surface area contributed by atoms with Crippen molar-refractivity contribution in [3.8, 4) is 11.5 Å². The van der Waals surface area contributed by atoms with Crippen LogP contribution in [0.2, 0.25) is 0 Å². The van der Waals surface area contributed by atoms with Crippen LogP contribution in [-0.2, 0) is 11.4 Å². The molecule has 128 valence electrons. The van der Waals surface area contributed by atoms with Crippen molar-refractivity contribution in [2.24, 2.45) is 5.92 Å². The number of nitrogens with zero attached hydrogens (tertiary/aromatic N) is 1. The molecular weight excluding hydrogens is 298 g/mol. The van der Waals surface area contributed by atoms with Crippen molar-refractivity contribution in [3.63, 3.8) is 0 Å². The topological polar surface area (TPSA) is 79.2 Å². The Morgan fingerprint density at radius 3 is 2.65 bits per heavy atom. The first kappa shape index (κ1) is 17.6. The SMILES string of the molecule is CCOc1cc(CO)cc2c1OC(C(C)C)C(=O)N2CCCO. The van der Waals surface area contributed by atoms with Crippen LogP contribution < -0.4 is 14.4 Å². The molecule has 1 aliphatic rings. The maximum Gasteiger partial charge on any atom is 0.268 e. The van der Waals surface area contributed by atoms with Crippen LogP contribution in [0.5, 0.6) is 11.5 Å². The van der Waals surface area contributed by atoms with E-state index in [2.05, 4.69) is 0 Å². The summed E-state index contributed by atoms with van der Waals surface area (Å²) in [6.07, 6.45) is -0.107. The van der Waals surface area contributed by atoms with Gasteiger partial charge in [0.1, 0.15) is 0 Å². The Balaban J connectivity index is 2.52. The summed E-state index contributed by atoms with van der Waals surface area (Å²) in [7, 11) is 0. The van der Waals surface area contributed by atoms with Crippen LogP contribution in [0.1, 0.15) is 32.8 Å². The predicted molar refractivity (Wildman–Crippen MR) is 86.8 cm³/mol. The lowest BCUT2D eigenvalue weighted by Crippen LogP contribution is -2.49. The van der Waals surface area contributed by atoms with Crippen molar-refractivity contribution in [2.75, 3.05) is 24.7 Å². The minimum Gasteiger partial charge on any atom is -0.490 e. The van der Waals surface area contributed by atoms with E-state index in [4.69, 9.17) is 14.6 Å². The number of aliphatic hydroxyl groups is 2. The smallest absolute Gasteiger partial charge is 0.268 e. The van der Waals surface area contributed by atoms with E-state index in [1.165, 1.54) is 0 Å². The molecular formula is C17H25NO5. The van der Waals surface area contributed by atoms with E-state index in [-0.39, 0.29) is 25.0 Å². The zero-order valence-electron chi connectivity index (χ0n) is 13.9. The Labute approximate surface area is 136 Å². The van der Waals surface area contributed by atoms with Crippen molar-refractivity contribution >= 4 is 11.6 Å². The molecule has 2 rings (SSSR count). The Morgan fingerprint density at radius 2 is 2.09 bits per heavy atom. The third-order valence-corrected chi connectivity index (χ3v) is 3.77. The van der Waals surface area contributed by atoms with Crippen molar-refractivity contribution in [1.29, 1.82) is 0 Å². The maximum atomic E-state index is 12.7. The van der Waals surface area contributed by atoms with Crippen LogP contribution in [-0.4, -0.2) is 42.0 Å². The second-order valence-corrected chi connectivity index (χ2v) is 5.88. The first-order valence-electron chi connectivity index (χ1n) is 8.02. The summed E-state index contributed by atoms with van der Waals surface area (Å²) in [4.78, 5) is 14.3. The highest BCUT2D eigenvalue weighted by Crippen LogP contribution is 2.44. The van der Waals surface area contributed by atoms with E-state index in [0.717, 1.165) is 0 Å². The number of hydrogen-bond donors (Lipinski definition) is 2. The summed E-state index contributed by atoms with van der Waals surface area (Å²) in [5.41, 5.74) is 1.25. The zero-order chi connectivity index (χ0) is 17.0. The van der Waals surface area contributed by atoms with Gasteiger partial charge in [-0.2, -0.15) is 0 Å². The van der Waals surface area contributed by atoms with E-state index in [9.17, 15) is 9.90 Å². The zero-order valence-corrected chi connectivity index (χ0v) is 13.9. The molecule has 1 heterocycles. The van der Waals surface area contributed by atoms with Crippen LogP contribution in [0.25, 0.3) is 0 Å². The van der Waals surface area contributed by atoms with Gasteiger partial charge in [-0.15, -0.1) is 0 Å². The van der Waals surface area contributed by atoms with Gasteiger partial charge in [-0.25, -0.2) is 0 Å². The summed E-state index contributed by atoms with van der Waals surface area (Å²) >= 11 is 0. The highest BCUT2D eigenvalue weighted by atomic mass is 16.5. The normalized spacial score (nSPS) is 17.2. The number of hydrogen-bond acceptors (Lipinski definition) is 5. The standard InChI is InChI=1S/C17H25NO5/c1-4-22-14-9-12(10-20)8-13-16(14)23-15(11(2)3)17(21)18(13)6-5-7-19/h8-9,11,15,19-20H,4-7,10H2,1-3H3. The molecule has 1 amide bonds. The van der Waals surface area contributed by atoms with Crippen molar-refractivity contribution in [3.05, 3.63) is 17.7 Å². The monoisotopic (exact) mass is 323 g/mol. The molecule has 0 spiro atoms. The third-order valence-electron chi connectivity index (χ3n) is 3.77. The first-order chi connectivity index (χ1) is 11.0. The fourth-order valence-electron chi connectivity index (χ4n) is 2.65. The highest BCUT2D eigenvalue weighted by Gasteiger charge is 2.38. The first-order valence-corrected chi connectivity index (χ1v) is 8.02. The number of ether oxygens (including phenoxy) is 2. The highest BCUT2D eigenvalue weighted by molar-refractivity contribution is 6.01. The molecule has 23 heavy (non-hydrogen) atoms. The average molecular weight is 323 g/mol. The van der Waals surface area contributed by atoms with Gasteiger partial charge in [0, 0.05) is 13.2 Å². The third kappa shape index (κ3) is 3.59. The lowest BCUT2D eigenvalue weighted by molar-refractivity contribution is -0.128. The molecule has 2 N–H and O–H groups in total. The van der Waals surface area contributed by atoms with E-state index >= 15 is 0 Å². The molecule has 0 saturated heterocycles. The fraction of sp³-hybridized carbons (Fsp3) is 0.588. The van der Waals surface area contributed by atoms with Crippen LogP contribution >= 0.6 is 0 Å². The van der Waals surface area contributed by atoms with E-state index in [0.29, 0.717) is 42.3 Å². The molecule has 0 radical (unpaired) electrons. The Hall–Kier alpha value is -1.79. The molecule has 1 aliphatic heterocycles. The van der Waals surface area contributed by atoms with Crippen molar-refractivity contribution < 1.29 is 24.5 Å². The Kier molecular flexibility index (Phi) is 5.85. The summed E-state index contributed by atoms with van der Waals surface area (Å²) in [6.45, 7) is 6.44. The van der Waals surface area contributed by atoms with E-state index < -0.39 is 6.10 Å². The molecule has 1 atom stereocenters. The number of rotatable bonds is 7. The van der Waals surface area contributed by atoms with E-state index in [1.54, 1.807) is 17.0 Å². The quantitative estimate of drug-likeness (QED) is 0.798. The summed E-state index contributed by atoms with van der Waals surface area (Å²) in [6, 6.07) is 3.48. The van der Waals surface area contributed by atoms with Crippen LogP contribution in [0.15, 0.2) is 12.1 Å². The van der Waals surface area contributed by atoms with Crippen molar-refractivity contribution in [1.82, 2.24) is 0 Å². The number of aliphatic hydroxyl groups excluding tert-OH is 2. The van der Waals surface area contributed by atoms with Gasteiger partial charge >= 0.3 is 0 Å². The minimum atomic E-state index is -0.583. The number of amides is 1. The molecule has 0 aromatic heterocycles. The van der Waals surface area contributed by atoms with Gasteiger partial charge < -0.3 is 24.6 Å². The lowest BCUT2D eigenvalue weighted by Gasteiger charge is -2.37. The van der Waals surface area contributed by atoms with Crippen LogP contribution in [0.4, 0.5) is 5.69 Å². The van der Waals surface area contributed by atoms with Gasteiger partial charge in [-0.1, -0.05) is 13.8 Å². The molecule has 6 nitrogen and oxygen atoms in total.